The number of para-hydroxylation sites is 1. The average molecular weight is 188 g/mol. The Labute approximate surface area is 73.3 Å². The highest BCUT2D eigenvalue weighted by atomic mass is 35.5. The lowest BCUT2D eigenvalue weighted by atomic mass is 10.3. The van der Waals surface area contributed by atoms with Crippen LogP contribution in [0.15, 0.2) is 29.1 Å². The number of nitrogens with one attached hydrogen (secondary N) is 1. The SMILES string of the molecule is Cl.O=c1[nH]c2ccccc2s1. The molecule has 1 heterocycles. The Morgan fingerprint density at radius 3 is 2.73 bits per heavy atom. The molecule has 0 saturated heterocycles. The van der Waals surface area contributed by atoms with E-state index in [1.54, 1.807) is 0 Å². The van der Waals surface area contributed by atoms with Crippen LogP contribution in [0.5, 0.6) is 0 Å². The first-order chi connectivity index (χ1) is 4.86. The zero-order chi connectivity index (χ0) is 6.97. The van der Waals surface area contributed by atoms with E-state index in [9.17, 15) is 4.79 Å². The zero-order valence-electron chi connectivity index (χ0n) is 5.53. The number of fused-ring (bicyclic) bond motifs is 1. The summed E-state index contributed by atoms with van der Waals surface area (Å²) in [6, 6.07) is 7.65. The number of H-pyrrole nitrogens is 1. The van der Waals surface area contributed by atoms with E-state index in [0.717, 1.165) is 10.2 Å². The molecule has 1 aromatic heterocycles. The molecular weight excluding hydrogens is 182 g/mol. The van der Waals surface area contributed by atoms with Gasteiger partial charge in [0.25, 0.3) is 0 Å². The van der Waals surface area contributed by atoms with Gasteiger partial charge in [0.15, 0.2) is 0 Å². The second-order valence-corrected chi connectivity index (χ2v) is 3.03. The summed E-state index contributed by atoms with van der Waals surface area (Å²) in [5.74, 6) is 0. The Morgan fingerprint density at radius 2 is 2.00 bits per heavy atom. The van der Waals surface area contributed by atoms with Crippen LogP contribution >= 0.6 is 23.7 Å². The standard InChI is InChI=1S/C7H5NOS.ClH/c9-7-8-5-3-1-2-4-6(5)10-7;/h1-4H,(H,8,9);1H. The maximum atomic E-state index is 10.8. The molecule has 0 amide bonds. The van der Waals surface area contributed by atoms with Gasteiger partial charge >= 0.3 is 4.87 Å². The molecule has 4 heteroatoms. The molecule has 2 nitrogen and oxygen atoms in total. The van der Waals surface area contributed by atoms with Crippen molar-refractivity contribution < 1.29 is 0 Å². The Morgan fingerprint density at radius 1 is 1.27 bits per heavy atom. The largest absolute Gasteiger partial charge is 0.312 e. The third kappa shape index (κ3) is 1.44. The van der Waals surface area contributed by atoms with Crippen LogP contribution in [-0.2, 0) is 0 Å². The monoisotopic (exact) mass is 187 g/mol. The van der Waals surface area contributed by atoms with E-state index >= 15 is 0 Å². The molecule has 0 fully saturated rings. The number of thiazole rings is 1. The molecule has 0 atom stereocenters. The lowest BCUT2D eigenvalue weighted by Crippen LogP contribution is -1.89. The maximum Gasteiger partial charge on any atom is 0.305 e. The molecular formula is C7H6ClNOS. The molecule has 0 radical (unpaired) electrons. The Hall–Kier alpha value is -0.800. The Bertz CT molecular complexity index is 370. The van der Waals surface area contributed by atoms with Crippen molar-refractivity contribution in [2.45, 2.75) is 0 Å². The van der Waals surface area contributed by atoms with E-state index in [1.165, 1.54) is 11.3 Å². The van der Waals surface area contributed by atoms with Crippen molar-refractivity contribution >= 4 is 34.0 Å². The summed E-state index contributed by atoms with van der Waals surface area (Å²) in [7, 11) is 0. The van der Waals surface area contributed by atoms with Crippen molar-refractivity contribution in [1.29, 1.82) is 0 Å². The molecule has 1 N–H and O–H groups in total. The summed E-state index contributed by atoms with van der Waals surface area (Å²) in [4.78, 5) is 13.5. The van der Waals surface area contributed by atoms with Crippen molar-refractivity contribution in [2.24, 2.45) is 0 Å². The van der Waals surface area contributed by atoms with Crippen molar-refractivity contribution in [3.05, 3.63) is 33.9 Å². The molecule has 0 aliphatic heterocycles. The van der Waals surface area contributed by atoms with Crippen LogP contribution in [0.4, 0.5) is 0 Å². The second-order valence-electron chi connectivity index (χ2n) is 2.01. The summed E-state index contributed by atoms with van der Waals surface area (Å²) in [5.41, 5.74) is 0.928. The third-order valence-corrected chi connectivity index (χ3v) is 2.19. The molecule has 0 aliphatic rings. The van der Waals surface area contributed by atoms with Gasteiger partial charge < -0.3 is 4.98 Å². The molecule has 2 rings (SSSR count). The summed E-state index contributed by atoms with van der Waals surface area (Å²) in [6.45, 7) is 0. The van der Waals surface area contributed by atoms with E-state index in [0.29, 0.717) is 0 Å². The first-order valence-corrected chi connectivity index (χ1v) is 3.76. The average Bonchev–Trinajstić information content (AvgIpc) is 2.27. The van der Waals surface area contributed by atoms with Gasteiger partial charge in [0, 0.05) is 0 Å². The number of aromatic nitrogens is 1. The van der Waals surface area contributed by atoms with Gasteiger partial charge in [-0.1, -0.05) is 23.5 Å². The summed E-state index contributed by atoms with van der Waals surface area (Å²) in [6.07, 6.45) is 0. The van der Waals surface area contributed by atoms with E-state index in [2.05, 4.69) is 4.98 Å². The van der Waals surface area contributed by atoms with Crippen molar-refractivity contribution in [3.63, 3.8) is 0 Å². The fourth-order valence-electron chi connectivity index (χ4n) is 0.894. The third-order valence-electron chi connectivity index (χ3n) is 1.33. The van der Waals surface area contributed by atoms with Crippen molar-refractivity contribution in [3.8, 4) is 0 Å². The molecule has 0 aliphatic carbocycles. The number of halogens is 1. The van der Waals surface area contributed by atoms with Gasteiger partial charge in [-0.2, -0.15) is 0 Å². The number of benzene rings is 1. The van der Waals surface area contributed by atoms with Gasteiger partial charge in [-0.05, 0) is 12.1 Å². The highest BCUT2D eigenvalue weighted by Crippen LogP contribution is 2.11. The predicted octanol–water partition coefficient (Wildman–Crippen LogP) is 2.01. The topological polar surface area (TPSA) is 32.9 Å². The fourth-order valence-corrected chi connectivity index (χ4v) is 1.63. The zero-order valence-corrected chi connectivity index (χ0v) is 7.17. The molecule has 0 unspecified atom stereocenters. The molecule has 0 bridgehead atoms. The van der Waals surface area contributed by atoms with Crippen LogP contribution in [-0.4, -0.2) is 4.98 Å². The van der Waals surface area contributed by atoms with Crippen LogP contribution in [0.3, 0.4) is 0 Å². The minimum Gasteiger partial charge on any atom is -0.312 e. The van der Waals surface area contributed by atoms with Gasteiger partial charge in [-0.3, -0.25) is 4.79 Å². The molecule has 2 aromatic rings. The van der Waals surface area contributed by atoms with Crippen LogP contribution < -0.4 is 4.87 Å². The Kier molecular flexibility index (Phi) is 2.31. The van der Waals surface area contributed by atoms with Crippen LogP contribution in [0, 0.1) is 0 Å². The summed E-state index contributed by atoms with van der Waals surface area (Å²) < 4.78 is 1.02. The van der Waals surface area contributed by atoms with Crippen molar-refractivity contribution in [1.82, 2.24) is 4.98 Å². The van der Waals surface area contributed by atoms with Crippen LogP contribution in [0.25, 0.3) is 10.2 Å². The lowest BCUT2D eigenvalue weighted by Gasteiger charge is -1.81. The van der Waals surface area contributed by atoms with E-state index in [-0.39, 0.29) is 17.3 Å². The first kappa shape index (κ1) is 8.30. The highest BCUT2D eigenvalue weighted by molar-refractivity contribution is 7.16. The number of rotatable bonds is 0. The van der Waals surface area contributed by atoms with Gasteiger partial charge in [-0.25, -0.2) is 0 Å². The van der Waals surface area contributed by atoms with Crippen LogP contribution in [0.2, 0.25) is 0 Å². The van der Waals surface area contributed by atoms with Gasteiger partial charge in [-0.15, -0.1) is 12.4 Å². The van der Waals surface area contributed by atoms with E-state index in [4.69, 9.17) is 0 Å². The summed E-state index contributed by atoms with van der Waals surface area (Å²) in [5, 5.41) is 0. The van der Waals surface area contributed by atoms with Gasteiger partial charge in [0.2, 0.25) is 0 Å². The lowest BCUT2D eigenvalue weighted by molar-refractivity contribution is 1.41. The van der Waals surface area contributed by atoms with E-state index in [1.807, 2.05) is 24.3 Å². The minimum atomic E-state index is 0. The van der Waals surface area contributed by atoms with Crippen molar-refractivity contribution in [2.75, 3.05) is 0 Å². The molecule has 1 aromatic carbocycles. The molecule has 11 heavy (non-hydrogen) atoms. The van der Waals surface area contributed by atoms with Crippen LogP contribution in [0.1, 0.15) is 0 Å². The smallest absolute Gasteiger partial charge is 0.305 e. The van der Waals surface area contributed by atoms with E-state index < -0.39 is 0 Å². The predicted molar refractivity (Wildman–Crippen MR) is 49.7 cm³/mol. The minimum absolute atomic E-state index is 0. The molecule has 58 valence electrons. The number of hydrogen-bond donors (Lipinski definition) is 1. The van der Waals surface area contributed by atoms with Gasteiger partial charge in [0.05, 0.1) is 10.2 Å². The Balaban J connectivity index is 0.000000605. The molecule has 0 spiro atoms. The number of hydrogen-bond acceptors (Lipinski definition) is 2. The second kappa shape index (κ2) is 3.07. The molecule has 0 saturated carbocycles. The normalized spacial score (nSPS) is 9.45. The van der Waals surface area contributed by atoms with Gasteiger partial charge in [0.1, 0.15) is 0 Å². The maximum absolute atomic E-state index is 10.8. The quantitative estimate of drug-likeness (QED) is 0.673. The fraction of sp³-hybridized carbons (Fsp3) is 0. The summed E-state index contributed by atoms with van der Waals surface area (Å²) >= 11 is 1.24. The highest BCUT2D eigenvalue weighted by Gasteiger charge is 1.93. The first-order valence-electron chi connectivity index (χ1n) is 2.94. The number of aromatic amines is 1.